The number of rotatable bonds is 6. The first-order valence-corrected chi connectivity index (χ1v) is 11.6. The number of ether oxygens (including phenoxy) is 2. The Morgan fingerprint density at radius 2 is 2.03 bits per heavy atom. The quantitative estimate of drug-likeness (QED) is 0.608. The summed E-state index contributed by atoms with van der Waals surface area (Å²) in [6.45, 7) is 6.54. The van der Waals surface area contributed by atoms with Gasteiger partial charge in [0.05, 0.1) is 6.10 Å². The van der Waals surface area contributed by atoms with Gasteiger partial charge in [0.15, 0.2) is 5.82 Å². The maximum Gasteiger partial charge on any atom is 0.407 e. The summed E-state index contributed by atoms with van der Waals surface area (Å²) in [6.07, 6.45) is 7.89. The molecule has 4 rings (SSSR count). The standard InChI is InChI=1S/C23H34N6O3/c1-23(2,3)32-22(30)25-14-17-12-16(9-11-31-17)21-24-10-8-19(27-21)26-20-13-18(28-29-20)15-6-4-5-7-15/h8,10,13,15-17H,4-7,9,11-12,14H2,1-3H3,(H,25,30)(H2,24,26,27,28,29)/t16?,17-/m1/s1. The van der Waals surface area contributed by atoms with Crippen LogP contribution in [0, 0.1) is 0 Å². The summed E-state index contributed by atoms with van der Waals surface area (Å²) in [5.74, 6) is 3.06. The number of hydrogen-bond acceptors (Lipinski definition) is 7. The fraction of sp³-hybridized carbons (Fsp3) is 0.652. The summed E-state index contributed by atoms with van der Waals surface area (Å²) in [6, 6.07) is 3.94. The Hall–Kier alpha value is -2.68. The highest BCUT2D eigenvalue weighted by Gasteiger charge is 2.27. The summed E-state index contributed by atoms with van der Waals surface area (Å²) >= 11 is 0. The van der Waals surface area contributed by atoms with Gasteiger partial charge >= 0.3 is 6.09 Å². The largest absolute Gasteiger partial charge is 0.444 e. The minimum atomic E-state index is -0.520. The average Bonchev–Trinajstić information content (AvgIpc) is 3.43. The van der Waals surface area contributed by atoms with Gasteiger partial charge in [0.2, 0.25) is 0 Å². The Bertz CT molecular complexity index is 903. The minimum Gasteiger partial charge on any atom is -0.444 e. The van der Waals surface area contributed by atoms with Crippen LogP contribution in [0.2, 0.25) is 0 Å². The van der Waals surface area contributed by atoms with Crippen molar-refractivity contribution in [3.63, 3.8) is 0 Å². The average molecular weight is 443 g/mol. The number of H-pyrrole nitrogens is 1. The highest BCUT2D eigenvalue weighted by molar-refractivity contribution is 5.67. The van der Waals surface area contributed by atoms with Crippen molar-refractivity contribution in [2.45, 2.75) is 82.8 Å². The van der Waals surface area contributed by atoms with Crippen LogP contribution in [0.5, 0.6) is 0 Å². The van der Waals surface area contributed by atoms with Crippen molar-refractivity contribution in [2.24, 2.45) is 0 Å². The molecule has 1 saturated heterocycles. The third-order valence-electron chi connectivity index (χ3n) is 5.93. The SMILES string of the molecule is CC(C)(C)OC(=O)NC[C@H]1CC(c2nccc(Nc3cc(C4CCCC4)[nH]n3)n2)CCO1. The van der Waals surface area contributed by atoms with Gasteiger partial charge in [-0.1, -0.05) is 12.8 Å². The number of aromatic nitrogens is 4. The highest BCUT2D eigenvalue weighted by atomic mass is 16.6. The van der Waals surface area contributed by atoms with Crippen molar-refractivity contribution in [3.8, 4) is 0 Å². The predicted molar refractivity (Wildman–Crippen MR) is 121 cm³/mol. The monoisotopic (exact) mass is 442 g/mol. The molecule has 2 fully saturated rings. The van der Waals surface area contributed by atoms with E-state index in [9.17, 15) is 4.79 Å². The number of amides is 1. The summed E-state index contributed by atoms with van der Waals surface area (Å²) in [5.41, 5.74) is 0.678. The second-order valence-corrected chi connectivity index (χ2v) is 9.71. The minimum absolute atomic E-state index is 0.0956. The van der Waals surface area contributed by atoms with Crippen LogP contribution in [0.3, 0.4) is 0 Å². The fourth-order valence-corrected chi connectivity index (χ4v) is 4.39. The number of hydrogen-bond donors (Lipinski definition) is 3. The molecule has 0 radical (unpaired) electrons. The number of nitrogens with one attached hydrogen (secondary N) is 3. The molecule has 2 aromatic heterocycles. The first-order chi connectivity index (χ1) is 15.4. The molecule has 3 heterocycles. The lowest BCUT2D eigenvalue weighted by molar-refractivity contribution is 0.00190. The molecule has 2 atom stereocenters. The number of carbonyl (C=O) groups excluding carboxylic acids is 1. The van der Waals surface area contributed by atoms with Gasteiger partial charge in [-0.15, -0.1) is 0 Å². The molecule has 32 heavy (non-hydrogen) atoms. The van der Waals surface area contributed by atoms with Crippen LogP contribution in [0.25, 0.3) is 0 Å². The van der Waals surface area contributed by atoms with Crippen LogP contribution in [-0.2, 0) is 9.47 Å². The fourth-order valence-electron chi connectivity index (χ4n) is 4.39. The smallest absolute Gasteiger partial charge is 0.407 e. The molecule has 174 valence electrons. The van der Waals surface area contributed by atoms with Crippen molar-refractivity contribution in [3.05, 3.63) is 29.8 Å². The zero-order chi connectivity index (χ0) is 22.6. The van der Waals surface area contributed by atoms with Crippen LogP contribution in [0.4, 0.5) is 16.4 Å². The topological polar surface area (TPSA) is 114 Å². The Morgan fingerprint density at radius 3 is 2.81 bits per heavy atom. The van der Waals surface area contributed by atoms with Crippen molar-refractivity contribution in [1.82, 2.24) is 25.5 Å². The van der Waals surface area contributed by atoms with E-state index < -0.39 is 11.7 Å². The van der Waals surface area contributed by atoms with Gasteiger partial charge in [0, 0.05) is 42.9 Å². The van der Waals surface area contributed by atoms with E-state index in [-0.39, 0.29) is 12.0 Å². The second-order valence-electron chi connectivity index (χ2n) is 9.71. The van der Waals surface area contributed by atoms with E-state index in [1.807, 2.05) is 26.8 Å². The van der Waals surface area contributed by atoms with Crippen LogP contribution in [0.1, 0.15) is 82.7 Å². The van der Waals surface area contributed by atoms with Crippen molar-refractivity contribution in [2.75, 3.05) is 18.5 Å². The third-order valence-corrected chi connectivity index (χ3v) is 5.93. The van der Waals surface area contributed by atoms with Gasteiger partial charge in [-0.2, -0.15) is 5.10 Å². The Balaban J connectivity index is 1.33. The molecule has 1 aliphatic carbocycles. The number of nitrogens with zero attached hydrogens (tertiary/aromatic N) is 3. The zero-order valence-electron chi connectivity index (χ0n) is 19.2. The van der Waals surface area contributed by atoms with Gasteiger partial charge in [0.1, 0.15) is 17.2 Å². The van der Waals surface area contributed by atoms with Crippen LogP contribution in [0.15, 0.2) is 18.3 Å². The predicted octanol–water partition coefficient (Wildman–Crippen LogP) is 4.39. The second kappa shape index (κ2) is 9.85. The van der Waals surface area contributed by atoms with E-state index in [1.165, 1.54) is 31.4 Å². The summed E-state index contributed by atoms with van der Waals surface area (Å²) < 4.78 is 11.1. The molecule has 9 nitrogen and oxygen atoms in total. The first kappa shape index (κ1) is 22.5. The molecule has 1 amide bonds. The molecule has 0 spiro atoms. The summed E-state index contributed by atoms with van der Waals surface area (Å²) in [5, 5.41) is 13.7. The normalized spacial score (nSPS) is 22.0. The summed E-state index contributed by atoms with van der Waals surface area (Å²) in [7, 11) is 0. The van der Waals surface area contributed by atoms with Crippen LogP contribution < -0.4 is 10.6 Å². The van der Waals surface area contributed by atoms with Gasteiger partial charge in [-0.25, -0.2) is 14.8 Å². The lowest BCUT2D eigenvalue weighted by Gasteiger charge is -2.29. The molecule has 9 heteroatoms. The molecule has 2 aromatic rings. The molecular formula is C23H34N6O3. The van der Waals surface area contributed by atoms with E-state index in [1.54, 1.807) is 6.20 Å². The van der Waals surface area contributed by atoms with E-state index >= 15 is 0 Å². The number of aromatic amines is 1. The molecule has 2 aliphatic rings. The molecule has 1 aliphatic heterocycles. The van der Waals surface area contributed by atoms with Crippen molar-refractivity contribution >= 4 is 17.7 Å². The van der Waals surface area contributed by atoms with E-state index in [2.05, 4.69) is 31.9 Å². The third kappa shape index (κ3) is 6.18. The zero-order valence-corrected chi connectivity index (χ0v) is 19.2. The summed E-state index contributed by atoms with van der Waals surface area (Å²) in [4.78, 5) is 21.2. The lowest BCUT2D eigenvalue weighted by atomic mass is 9.94. The van der Waals surface area contributed by atoms with Crippen LogP contribution >= 0.6 is 0 Å². The molecule has 0 bridgehead atoms. The maximum absolute atomic E-state index is 11.9. The molecule has 3 N–H and O–H groups in total. The maximum atomic E-state index is 11.9. The van der Waals surface area contributed by atoms with Crippen molar-refractivity contribution in [1.29, 1.82) is 0 Å². The van der Waals surface area contributed by atoms with Gasteiger partial charge in [-0.3, -0.25) is 5.10 Å². The molecule has 0 aromatic carbocycles. The van der Waals surface area contributed by atoms with E-state index in [0.29, 0.717) is 19.1 Å². The Labute approximate surface area is 189 Å². The number of anilines is 2. The van der Waals surface area contributed by atoms with Gasteiger partial charge in [0.25, 0.3) is 0 Å². The number of carbonyl (C=O) groups is 1. The molecule has 1 unspecified atom stereocenters. The number of alkyl carbamates (subject to hydrolysis) is 1. The lowest BCUT2D eigenvalue weighted by Crippen LogP contribution is -2.40. The Kier molecular flexibility index (Phi) is 6.93. The van der Waals surface area contributed by atoms with Crippen LogP contribution in [-0.4, -0.2) is 51.1 Å². The first-order valence-electron chi connectivity index (χ1n) is 11.6. The van der Waals surface area contributed by atoms with E-state index in [0.717, 1.165) is 30.3 Å². The van der Waals surface area contributed by atoms with Crippen molar-refractivity contribution < 1.29 is 14.3 Å². The molecule has 1 saturated carbocycles. The molecular weight excluding hydrogens is 408 g/mol. The van der Waals surface area contributed by atoms with Gasteiger partial charge in [-0.05, 0) is 52.5 Å². The van der Waals surface area contributed by atoms with Gasteiger partial charge < -0.3 is 20.1 Å². The Morgan fingerprint density at radius 1 is 1.22 bits per heavy atom. The highest BCUT2D eigenvalue weighted by Crippen LogP contribution is 2.34. The van der Waals surface area contributed by atoms with E-state index in [4.69, 9.17) is 14.5 Å².